The van der Waals surface area contributed by atoms with Crippen molar-refractivity contribution < 1.29 is 9.53 Å². The molecule has 3 rings (SSSR count). The zero-order valence-electron chi connectivity index (χ0n) is 13.7. The molecule has 3 aromatic rings. The fourth-order valence-electron chi connectivity index (χ4n) is 2.59. The van der Waals surface area contributed by atoms with E-state index in [1.54, 1.807) is 7.11 Å². The maximum Gasteiger partial charge on any atom is 0.252 e. The van der Waals surface area contributed by atoms with Crippen LogP contribution in [0.15, 0.2) is 48.7 Å². The topological polar surface area (TPSA) is 77.2 Å². The lowest BCUT2D eigenvalue weighted by atomic mass is 10.1. The number of hydrogen-bond acceptors (Lipinski definition) is 4. The number of benzene rings is 2. The predicted octanol–water partition coefficient (Wildman–Crippen LogP) is 3.65. The van der Waals surface area contributed by atoms with Gasteiger partial charge >= 0.3 is 0 Å². The van der Waals surface area contributed by atoms with Crippen molar-refractivity contribution in [2.75, 3.05) is 12.4 Å². The van der Waals surface area contributed by atoms with E-state index in [2.05, 4.69) is 29.4 Å². The summed E-state index contributed by atoms with van der Waals surface area (Å²) in [6.07, 6.45) is 2.47. The van der Waals surface area contributed by atoms with Gasteiger partial charge in [0.05, 0.1) is 23.9 Å². The molecule has 0 radical (unpaired) electrons. The van der Waals surface area contributed by atoms with E-state index < -0.39 is 5.91 Å². The van der Waals surface area contributed by atoms with Gasteiger partial charge in [-0.3, -0.25) is 9.78 Å². The lowest BCUT2D eigenvalue weighted by Gasteiger charge is -2.14. The van der Waals surface area contributed by atoms with Crippen molar-refractivity contribution in [1.82, 2.24) is 4.98 Å². The molecular weight excluding hydrogens is 302 g/mol. The second-order valence-electron chi connectivity index (χ2n) is 5.47. The first-order valence-corrected chi connectivity index (χ1v) is 7.75. The summed E-state index contributed by atoms with van der Waals surface area (Å²) < 4.78 is 5.23. The van der Waals surface area contributed by atoms with Crippen LogP contribution in [0.1, 0.15) is 22.8 Å². The van der Waals surface area contributed by atoms with Crippen molar-refractivity contribution in [3.05, 3.63) is 59.8 Å². The molecule has 0 fully saturated rings. The van der Waals surface area contributed by atoms with Gasteiger partial charge in [0.2, 0.25) is 0 Å². The molecule has 1 amide bonds. The molecule has 0 aliphatic heterocycles. The highest BCUT2D eigenvalue weighted by Crippen LogP contribution is 2.31. The number of carbonyl (C=O) groups is 1. The summed E-state index contributed by atoms with van der Waals surface area (Å²) in [6.45, 7) is 2.11. The van der Waals surface area contributed by atoms with Gasteiger partial charge < -0.3 is 15.8 Å². The number of nitrogens with zero attached hydrogens (tertiary/aromatic N) is 1. The van der Waals surface area contributed by atoms with Gasteiger partial charge in [0.15, 0.2) is 0 Å². The highest BCUT2D eigenvalue weighted by Gasteiger charge is 2.14. The van der Waals surface area contributed by atoms with E-state index in [-0.39, 0.29) is 0 Å². The van der Waals surface area contributed by atoms with Crippen LogP contribution < -0.4 is 15.8 Å². The molecule has 5 nitrogen and oxygen atoms in total. The number of pyridine rings is 1. The van der Waals surface area contributed by atoms with E-state index in [1.807, 2.05) is 30.3 Å². The second kappa shape index (κ2) is 6.58. The van der Waals surface area contributed by atoms with Crippen LogP contribution >= 0.6 is 0 Å². The van der Waals surface area contributed by atoms with Gasteiger partial charge in [-0.25, -0.2) is 0 Å². The van der Waals surface area contributed by atoms with Gasteiger partial charge in [-0.15, -0.1) is 0 Å². The zero-order valence-corrected chi connectivity index (χ0v) is 13.7. The Morgan fingerprint density at radius 2 is 1.96 bits per heavy atom. The third-order valence-electron chi connectivity index (χ3n) is 3.97. The van der Waals surface area contributed by atoms with Gasteiger partial charge in [-0.1, -0.05) is 19.1 Å². The van der Waals surface area contributed by atoms with Crippen molar-refractivity contribution in [3.63, 3.8) is 0 Å². The van der Waals surface area contributed by atoms with Crippen LogP contribution in [0.5, 0.6) is 5.75 Å². The maximum atomic E-state index is 11.8. The molecule has 0 saturated carbocycles. The number of methoxy groups -OCH3 is 1. The number of primary amides is 1. The fourth-order valence-corrected chi connectivity index (χ4v) is 2.59. The average molecular weight is 321 g/mol. The standard InChI is InChI=1S/C19H19N3O2/c1-3-12-4-6-13(7-5-12)22-18-15-9-8-14(24-2)10-17(15)21-11-16(18)19(20)23/h4-11H,3H2,1-2H3,(H2,20,23)(H,21,22). The summed E-state index contributed by atoms with van der Waals surface area (Å²) in [7, 11) is 1.60. The Morgan fingerprint density at radius 1 is 1.21 bits per heavy atom. The molecule has 0 spiro atoms. The van der Waals surface area contributed by atoms with E-state index in [9.17, 15) is 4.79 Å². The Kier molecular flexibility index (Phi) is 4.33. The molecule has 24 heavy (non-hydrogen) atoms. The van der Waals surface area contributed by atoms with Crippen LogP contribution in [0, 0.1) is 0 Å². The first-order chi connectivity index (χ1) is 11.6. The third kappa shape index (κ3) is 3.01. The van der Waals surface area contributed by atoms with Gasteiger partial charge in [-0.05, 0) is 36.2 Å². The van der Waals surface area contributed by atoms with E-state index in [0.717, 1.165) is 23.0 Å². The Balaban J connectivity index is 2.11. The minimum Gasteiger partial charge on any atom is -0.497 e. The van der Waals surface area contributed by atoms with Gasteiger partial charge in [0.25, 0.3) is 5.91 Å². The number of anilines is 2. The Morgan fingerprint density at radius 3 is 2.58 bits per heavy atom. The van der Waals surface area contributed by atoms with Gasteiger partial charge in [-0.2, -0.15) is 0 Å². The molecule has 0 unspecified atom stereocenters. The number of ether oxygens (including phenoxy) is 1. The van der Waals surface area contributed by atoms with Crippen LogP contribution in [-0.4, -0.2) is 18.0 Å². The second-order valence-corrected chi connectivity index (χ2v) is 5.47. The largest absolute Gasteiger partial charge is 0.497 e. The normalized spacial score (nSPS) is 10.6. The molecule has 2 aromatic carbocycles. The zero-order chi connectivity index (χ0) is 17.1. The molecule has 0 saturated heterocycles. The number of fused-ring (bicyclic) bond motifs is 1. The van der Waals surface area contributed by atoms with Crippen molar-refractivity contribution in [2.24, 2.45) is 5.73 Å². The Hall–Kier alpha value is -3.08. The highest BCUT2D eigenvalue weighted by atomic mass is 16.5. The third-order valence-corrected chi connectivity index (χ3v) is 3.97. The Labute approximate surface area is 140 Å². The SMILES string of the molecule is CCc1ccc(Nc2c(C(N)=O)cnc3cc(OC)ccc23)cc1. The first-order valence-electron chi connectivity index (χ1n) is 7.75. The molecule has 3 N–H and O–H groups in total. The lowest BCUT2D eigenvalue weighted by molar-refractivity contribution is 0.100. The van der Waals surface area contributed by atoms with Crippen LogP contribution in [-0.2, 0) is 6.42 Å². The minimum atomic E-state index is -0.520. The van der Waals surface area contributed by atoms with Crippen molar-refractivity contribution in [2.45, 2.75) is 13.3 Å². The number of carbonyl (C=O) groups excluding carboxylic acids is 1. The maximum absolute atomic E-state index is 11.8. The molecule has 1 aromatic heterocycles. The molecule has 0 atom stereocenters. The summed E-state index contributed by atoms with van der Waals surface area (Å²) >= 11 is 0. The molecule has 5 heteroatoms. The highest BCUT2D eigenvalue weighted by molar-refractivity contribution is 6.07. The summed E-state index contributed by atoms with van der Waals surface area (Å²) in [5.74, 6) is 0.188. The van der Waals surface area contributed by atoms with Gasteiger partial charge in [0.1, 0.15) is 5.75 Å². The van der Waals surface area contributed by atoms with Crippen LogP contribution in [0.4, 0.5) is 11.4 Å². The number of amides is 1. The monoisotopic (exact) mass is 321 g/mol. The number of hydrogen-bond donors (Lipinski definition) is 2. The van der Waals surface area contributed by atoms with Crippen molar-refractivity contribution in [3.8, 4) is 5.75 Å². The van der Waals surface area contributed by atoms with E-state index in [1.165, 1.54) is 11.8 Å². The Bertz CT molecular complexity index is 889. The number of rotatable bonds is 5. The van der Waals surface area contributed by atoms with Crippen LogP contribution in [0.2, 0.25) is 0 Å². The number of nitrogens with one attached hydrogen (secondary N) is 1. The smallest absolute Gasteiger partial charge is 0.252 e. The molecule has 0 bridgehead atoms. The summed E-state index contributed by atoms with van der Waals surface area (Å²) in [4.78, 5) is 16.1. The summed E-state index contributed by atoms with van der Waals surface area (Å²) in [5.41, 5.74) is 9.39. The lowest BCUT2D eigenvalue weighted by Crippen LogP contribution is -2.14. The molecular formula is C19H19N3O2. The average Bonchev–Trinajstić information content (AvgIpc) is 2.61. The van der Waals surface area contributed by atoms with E-state index in [4.69, 9.17) is 10.5 Å². The van der Waals surface area contributed by atoms with E-state index >= 15 is 0 Å². The minimum absolute atomic E-state index is 0.354. The summed E-state index contributed by atoms with van der Waals surface area (Å²) in [6, 6.07) is 13.6. The van der Waals surface area contributed by atoms with Crippen molar-refractivity contribution in [1.29, 1.82) is 0 Å². The summed E-state index contributed by atoms with van der Waals surface area (Å²) in [5, 5.41) is 4.12. The number of nitrogens with two attached hydrogens (primary N) is 1. The predicted molar refractivity (Wildman–Crippen MR) is 95.9 cm³/mol. The quantitative estimate of drug-likeness (QED) is 0.752. The molecule has 122 valence electrons. The van der Waals surface area contributed by atoms with Crippen molar-refractivity contribution >= 4 is 28.2 Å². The number of aromatic nitrogens is 1. The van der Waals surface area contributed by atoms with Gasteiger partial charge in [0, 0.05) is 23.3 Å². The fraction of sp³-hybridized carbons (Fsp3) is 0.158. The van der Waals surface area contributed by atoms with Crippen LogP contribution in [0.25, 0.3) is 10.9 Å². The molecule has 0 aliphatic carbocycles. The molecule has 0 aliphatic rings. The first kappa shape index (κ1) is 15.8. The van der Waals surface area contributed by atoms with Crippen LogP contribution in [0.3, 0.4) is 0 Å². The molecule has 1 heterocycles. The number of aryl methyl sites for hydroxylation is 1. The van der Waals surface area contributed by atoms with E-state index in [0.29, 0.717) is 17.0 Å².